The molecular formula is C66H66N6. The fourth-order valence-corrected chi connectivity index (χ4v) is 9.49. The molecule has 3 aromatic heterocycles. The van der Waals surface area contributed by atoms with Crippen molar-refractivity contribution in [1.82, 2.24) is 29.5 Å². The smallest absolute Gasteiger partial charge is 0.164 e. The normalized spacial score (nSPS) is 12.5. The van der Waals surface area contributed by atoms with Crippen LogP contribution in [-0.4, -0.2) is 29.5 Å². The molecule has 72 heavy (non-hydrogen) atoms. The van der Waals surface area contributed by atoms with E-state index in [1.165, 1.54) is 38.6 Å². The SMILES string of the molecule is Cc1ccc2c(c1)c1ccccc1n2-c1ccc(-c2nc(-c3cc(C(C)(C)C)cc(C(C)(C)C)c3)nc(-c3cc(C(C)(C)C)cc(C(C)(C)C)c3)n2)cc1-c1cc(-c2ccccc2)nc(-c2ccccc2)n1. The van der Waals surface area contributed by atoms with Gasteiger partial charge in [0.1, 0.15) is 0 Å². The quantitative estimate of drug-likeness (QED) is 0.159. The number of nitrogens with zero attached hydrogens (tertiary/aromatic N) is 6. The Hall–Kier alpha value is -7.57. The average molecular weight is 943 g/mol. The molecule has 6 nitrogen and oxygen atoms in total. The van der Waals surface area contributed by atoms with E-state index in [2.05, 4.69) is 234 Å². The fraction of sp³-hybridized carbons (Fsp3) is 0.258. The summed E-state index contributed by atoms with van der Waals surface area (Å²) >= 11 is 0. The van der Waals surface area contributed by atoms with Crippen LogP contribution in [0.25, 0.3) is 95.6 Å². The second kappa shape index (κ2) is 17.9. The summed E-state index contributed by atoms with van der Waals surface area (Å²) in [5, 5.41) is 2.39. The van der Waals surface area contributed by atoms with Gasteiger partial charge in [-0.1, -0.05) is 186 Å². The summed E-state index contributed by atoms with van der Waals surface area (Å²) in [6.07, 6.45) is 0. The molecule has 0 bridgehead atoms. The lowest BCUT2D eigenvalue weighted by Gasteiger charge is -2.26. The molecule has 0 atom stereocenters. The molecule has 0 spiro atoms. The Morgan fingerprint density at radius 1 is 0.319 bits per heavy atom. The zero-order valence-corrected chi connectivity index (χ0v) is 44.3. The van der Waals surface area contributed by atoms with Gasteiger partial charge in [-0.25, -0.2) is 24.9 Å². The highest BCUT2D eigenvalue weighted by Gasteiger charge is 2.26. The third-order valence-corrected chi connectivity index (χ3v) is 13.9. The van der Waals surface area contributed by atoms with E-state index >= 15 is 0 Å². The molecule has 0 radical (unpaired) electrons. The second-order valence-corrected chi connectivity index (χ2v) is 23.7. The van der Waals surface area contributed by atoms with E-state index in [1.54, 1.807) is 0 Å². The maximum Gasteiger partial charge on any atom is 0.164 e. The molecule has 0 amide bonds. The number of rotatable bonds is 7. The lowest BCUT2D eigenvalue weighted by atomic mass is 9.79. The molecule has 0 N–H and O–H groups in total. The lowest BCUT2D eigenvalue weighted by Crippen LogP contribution is -2.17. The van der Waals surface area contributed by atoms with Gasteiger partial charge in [0.15, 0.2) is 23.3 Å². The van der Waals surface area contributed by atoms with Gasteiger partial charge in [-0.2, -0.15) is 0 Å². The maximum atomic E-state index is 5.49. The Bertz CT molecular complexity index is 3450. The molecule has 0 aliphatic heterocycles. The summed E-state index contributed by atoms with van der Waals surface area (Å²) in [6, 6.07) is 58.6. The maximum absolute atomic E-state index is 5.49. The number of aryl methyl sites for hydroxylation is 1. The van der Waals surface area contributed by atoms with Crippen molar-refractivity contribution in [3.05, 3.63) is 192 Å². The van der Waals surface area contributed by atoms with E-state index < -0.39 is 0 Å². The van der Waals surface area contributed by atoms with E-state index in [1.807, 2.05) is 24.3 Å². The molecule has 0 aliphatic carbocycles. The molecule has 0 saturated carbocycles. The largest absolute Gasteiger partial charge is 0.309 e. The first-order valence-electron chi connectivity index (χ1n) is 25.3. The molecule has 360 valence electrons. The zero-order valence-electron chi connectivity index (χ0n) is 44.3. The molecule has 7 aromatic carbocycles. The van der Waals surface area contributed by atoms with E-state index in [9.17, 15) is 0 Å². The third kappa shape index (κ3) is 9.51. The van der Waals surface area contributed by atoms with Crippen molar-refractivity contribution < 1.29 is 0 Å². The van der Waals surface area contributed by atoms with Crippen molar-refractivity contribution in [3.8, 4) is 73.8 Å². The fourth-order valence-electron chi connectivity index (χ4n) is 9.49. The summed E-state index contributed by atoms with van der Waals surface area (Å²) < 4.78 is 2.39. The summed E-state index contributed by atoms with van der Waals surface area (Å²) in [5.41, 5.74) is 16.2. The summed E-state index contributed by atoms with van der Waals surface area (Å²) in [7, 11) is 0. The number of para-hydroxylation sites is 1. The molecule has 10 aromatic rings. The van der Waals surface area contributed by atoms with Crippen LogP contribution in [0.5, 0.6) is 0 Å². The molecule has 0 aliphatic rings. The summed E-state index contributed by atoms with van der Waals surface area (Å²) in [6.45, 7) is 29.4. The Kier molecular flexibility index (Phi) is 12.0. The molecular weight excluding hydrogens is 877 g/mol. The topological polar surface area (TPSA) is 69.4 Å². The van der Waals surface area contributed by atoms with Crippen molar-refractivity contribution in [3.63, 3.8) is 0 Å². The Balaban J connectivity index is 1.30. The van der Waals surface area contributed by atoms with Crippen LogP contribution < -0.4 is 0 Å². The van der Waals surface area contributed by atoms with Crippen LogP contribution in [0.4, 0.5) is 0 Å². The highest BCUT2D eigenvalue weighted by atomic mass is 15.0. The monoisotopic (exact) mass is 943 g/mol. The Morgan fingerprint density at radius 2 is 0.764 bits per heavy atom. The number of aromatic nitrogens is 6. The van der Waals surface area contributed by atoms with Crippen molar-refractivity contribution >= 4 is 21.8 Å². The third-order valence-electron chi connectivity index (χ3n) is 13.9. The molecule has 0 unspecified atom stereocenters. The minimum absolute atomic E-state index is 0.109. The van der Waals surface area contributed by atoms with E-state index in [-0.39, 0.29) is 21.7 Å². The van der Waals surface area contributed by atoms with Crippen LogP contribution in [-0.2, 0) is 21.7 Å². The number of hydrogen-bond acceptors (Lipinski definition) is 5. The van der Waals surface area contributed by atoms with Gasteiger partial charge in [0.2, 0.25) is 0 Å². The predicted molar refractivity (Wildman–Crippen MR) is 302 cm³/mol. The molecule has 0 saturated heterocycles. The highest BCUT2D eigenvalue weighted by Crippen LogP contribution is 2.41. The molecule has 3 heterocycles. The van der Waals surface area contributed by atoms with Crippen LogP contribution in [0.3, 0.4) is 0 Å². The second-order valence-electron chi connectivity index (χ2n) is 23.7. The molecule has 6 heteroatoms. The van der Waals surface area contributed by atoms with Gasteiger partial charge in [0.25, 0.3) is 0 Å². The van der Waals surface area contributed by atoms with Crippen LogP contribution in [0.2, 0.25) is 0 Å². The first-order chi connectivity index (χ1) is 34.1. The number of hydrogen-bond donors (Lipinski definition) is 0. The van der Waals surface area contributed by atoms with Crippen molar-refractivity contribution in [2.45, 2.75) is 112 Å². The van der Waals surface area contributed by atoms with Crippen LogP contribution in [0, 0.1) is 6.92 Å². The van der Waals surface area contributed by atoms with E-state index in [0.29, 0.717) is 23.3 Å². The van der Waals surface area contributed by atoms with Gasteiger partial charge in [-0.3, -0.25) is 0 Å². The first kappa shape index (κ1) is 48.1. The van der Waals surface area contributed by atoms with Gasteiger partial charge in [0, 0.05) is 44.2 Å². The van der Waals surface area contributed by atoms with Gasteiger partial charge in [-0.15, -0.1) is 0 Å². The zero-order chi connectivity index (χ0) is 50.9. The van der Waals surface area contributed by atoms with Gasteiger partial charge < -0.3 is 4.57 Å². The van der Waals surface area contributed by atoms with E-state index in [0.717, 1.165) is 61.5 Å². The Morgan fingerprint density at radius 3 is 1.29 bits per heavy atom. The summed E-state index contributed by atoms with van der Waals surface area (Å²) in [4.78, 5) is 27.1. The highest BCUT2D eigenvalue weighted by molar-refractivity contribution is 6.10. The lowest BCUT2D eigenvalue weighted by molar-refractivity contribution is 0.568. The van der Waals surface area contributed by atoms with Crippen molar-refractivity contribution in [2.75, 3.05) is 0 Å². The summed E-state index contributed by atoms with van der Waals surface area (Å²) in [5.74, 6) is 2.49. The number of benzene rings is 7. The molecule has 0 fully saturated rings. The standard InChI is InChI=1S/C66H66N6/c1-41-28-30-57-52(32-41)51-26-20-21-27-56(51)72(57)58-31-29-44(37-53(58)55-40-54(42-22-16-14-17-23-42)67-59(68-55)43-24-18-15-19-25-43)60-69-61(45-33-47(63(2,3)4)38-48(34-45)64(5,6)7)71-62(70-60)46-35-49(65(8,9)10)39-50(36-46)66(11,12)13/h14-40H,1-13H3. The van der Waals surface area contributed by atoms with Crippen LogP contribution >= 0.6 is 0 Å². The van der Waals surface area contributed by atoms with E-state index in [4.69, 9.17) is 24.9 Å². The minimum Gasteiger partial charge on any atom is -0.309 e. The van der Waals surface area contributed by atoms with Crippen molar-refractivity contribution in [1.29, 1.82) is 0 Å². The molecule has 10 rings (SSSR count). The van der Waals surface area contributed by atoms with Crippen LogP contribution in [0.15, 0.2) is 164 Å². The predicted octanol–water partition coefficient (Wildman–Crippen LogP) is 17.3. The first-order valence-corrected chi connectivity index (χ1v) is 25.3. The van der Waals surface area contributed by atoms with Gasteiger partial charge in [-0.05, 0) is 118 Å². The van der Waals surface area contributed by atoms with Gasteiger partial charge in [0.05, 0.1) is 28.1 Å². The average Bonchev–Trinajstić information content (AvgIpc) is 3.68. The number of fused-ring (bicyclic) bond motifs is 3. The minimum atomic E-state index is -0.109. The van der Waals surface area contributed by atoms with Crippen molar-refractivity contribution in [2.24, 2.45) is 0 Å². The Labute approximate surface area is 426 Å². The van der Waals surface area contributed by atoms with Crippen LogP contribution in [0.1, 0.15) is 111 Å². The van der Waals surface area contributed by atoms with Gasteiger partial charge >= 0.3 is 0 Å².